The van der Waals surface area contributed by atoms with Crippen LogP contribution in [0.3, 0.4) is 0 Å². The number of halogens is 2. The van der Waals surface area contributed by atoms with Gasteiger partial charge in [0, 0.05) is 11.6 Å². The Hall–Kier alpha value is -3.64. The summed E-state index contributed by atoms with van der Waals surface area (Å²) in [7, 11) is 0. The van der Waals surface area contributed by atoms with Gasteiger partial charge in [0.1, 0.15) is 5.82 Å². The summed E-state index contributed by atoms with van der Waals surface area (Å²) < 4.78 is 16.1. The van der Waals surface area contributed by atoms with E-state index in [-0.39, 0.29) is 11.4 Å². The monoisotopic (exact) mass is 625 g/mol. The summed E-state index contributed by atoms with van der Waals surface area (Å²) in [6.45, 7) is 0. The Balaban J connectivity index is 1.61. The summed E-state index contributed by atoms with van der Waals surface area (Å²) in [4.78, 5) is 29.9. The molecular formula is C27H17FIN3O4S. The van der Waals surface area contributed by atoms with Crippen molar-refractivity contribution in [2.45, 2.75) is 18.9 Å². The second-order valence-electron chi connectivity index (χ2n) is 8.79. The van der Waals surface area contributed by atoms with Crippen LogP contribution in [0.2, 0.25) is 0 Å². The van der Waals surface area contributed by atoms with Crippen LogP contribution in [0.4, 0.5) is 10.1 Å². The third kappa shape index (κ3) is 4.00. The van der Waals surface area contributed by atoms with Gasteiger partial charge >= 0.3 is 5.69 Å². The van der Waals surface area contributed by atoms with Crippen LogP contribution >= 0.6 is 33.9 Å². The lowest BCUT2D eigenvalue weighted by atomic mass is 9.83. The molecule has 0 fully saturated rings. The smallest absolute Gasteiger partial charge is 0.312 e. The van der Waals surface area contributed by atoms with Crippen molar-refractivity contribution in [3.8, 4) is 5.75 Å². The summed E-state index contributed by atoms with van der Waals surface area (Å²) >= 11 is 3.02. The van der Waals surface area contributed by atoms with Crippen LogP contribution in [0.5, 0.6) is 5.75 Å². The van der Waals surface area contributed by atoms with Gasteiger partial charge in [-0.25, -0.2) is 9.38 Å². The van der Waals surface area contributed by atoms with Crippen LogP contribution in [-0.4, -0.2) is 14.6 Å². The number of phenols is 1. The molecular weight excluding hydrogens is 608 g/mol. The number of nitro groups is 1. The zero-order chi connectivity index (χ0) is 25.8. The summed E-state index contributed by atoms with van der Waals surface area (Å²) in [5, 5.41) is 21.4. The third-order valence-electron chi connectivity index (χ3n) is 6.62. The number of benzene rings is 3. The maximum Gasteiger partial charge on any atom is 0.312 e. The third-order valence-corrected chi connectivity index (χ3v) is 8.42. The van der Waals surface area contributed by atoms with Gasteiger partial charge in [-0.15, -0.1) is 0 Å². The average Bonchev–Trinajstić information content (AvgIpc) is 3.19. The van der Waals surface area contributed by atoms with E-state index in [9.17, 15) is 24.4 Å². The molecule has 2 heterocycles. The fraction of sp³-hybridized carbons (Fsp3) is 0.111. The summed E-state index contributed by atoms with van der Waals surface area (Å²) in [5.41, 5.74) is 4.54. The normalized spacial score (nSPS) is 16.6. The Morgan fingerprint density at radius 2 is 1.92 bits per heavy atom. The number of nitro benzene ring substituents is 1. The number of allylic oxidation sites excluding steroid dienone is 1. The van der Waals surface area contributed by atoms with Crippen molar-refractivity contribution in [3.63, 3.8) is 0 Å². The molecule has 2 aliphatic rings. The molecule has 1 N–H and O–H groups in total. The van der Waals surface area contributed by atoms with Crippen LogP contribution in [0, 0.1) is 19.5 Å². The van der Waals surface area contributed by atoms with Gasteiger partial charge < -0.3 is 5.11 Å². The van der Waals surface area contributed by atoms with Crippen molar-refractivity contribution in [2.75, 3.05) is 0 Å². The number of hydrogen-bond acceptors (Lipinski definition) is 6. The minimum absolute atomic E-state index is 0.283. The number of hydrogen-bond donors (Lipinski definition) is 1. The lowest BCUT2D eigenvalue weighted by molar-refractivity contribution is -0.386. The van der Waals surface area contributed by atoms with E-state index < -0.39 is 22.4 Å². The van der Waals surface area contributed by atoms with Crippen LogP contribution in [0.25, 0.3) is 11.8 Å². The zero-order valence-corrected chi connectivity index (χ0v) is 22.0. The molecule has 1 aliphatic carbocycles. The Kier molecular flexibility index (Phi) is 5.80. The maximum atomic E-state index is 13.8. The summed E-state index contributed by atoms with van der Waals surface area (Å²) in [6.07, 6.45) is 3.10. The average molecular weight is 625 g/mol. The first kappa shape index (κ1) is 23.7. The van der Waals surface area contributed by atoms with E-state index in [0.717, 1.165) is 28.8 Å². The van der Waals surface area contributed by atoms with Crippen LogP contribution in [0.15, 0.2) is 76.0 Å². The predicted octanol–water partition coefficient (Wildman–Crippen LogP) is 4.68. The fourth-order valence-electron chi connectivity index (χ4n) is 4.95. The molecule has 6 rings (SSSR count). The first-order valence-electron chi connectivity index (χ1n) is 11.4. The molecule has 0 radical (unpaired) electrons. The van der Waals surface area contributed by atoms with Gasteiger partial charge in [-0.05, 0) is 82.0 Å². The number of aromatic nitrogens is 1. The maximum absolute atomic E-state index is 13.8. The number of phenolic OH excluding ortho intramolecular Hbond substituents is 1. The van der Waals surface area contributed by atoms with Crippen molar-refractivity contribution >= 4 is 51.4 Å². The lowest BCUT2D eigenvalue weighted by Crippen LogP contribution is -2.38. The molecule has 7 nitrogen and oxygen atoms in total. The van der Waals surface area contributed by atoms with Gasteiger partial charge in [0.05, 0.1) is 24.8 Å². The van der Waals surface area contributed by atoms with E-state index in [1.807, 2.05) is 40.8 Å². The van der Waals surface area contributed by atoms with Crippen LogP contribution < -0.4 is 14.9 Å². The number of aryl methyl sites for hydroxylation is 1. The molecule has 184 valence electrons. The Bertz CT molecular complexity index is 1830. The number of fused-ring (bicyclic) bond motifs is 3. The molecule has 0 unspecified atom stereocenters. The Labute approximate surface area is 226 Å². The number of nitrogens with zero attached hydrogens (tertiary/aromatic N) is 3. The van der Waals surface area contributed by atoms with Gasteiger partial charge in [0.25, 0.3) is 5.56 Å². The van der Waals surface area contributed by atoms with Crippen molar-refractivity contribution in [1.29, 1.82) is 0 Å². The van der Waals surface area contributed by atoms with E-state index in [4.69, 9.17) is 4.99 Å². The van der Waals surface area contributed by atoms with E-state index in [2.05, 4.69) is 6.07 Å². The minimum atomic E-state index is -0.656. The first-order chi connectivity index (χ1) is 17.8. The van der Waals surface area contributed by atoms with E-state index >= 15 is 0 Å². The number of rotatable bonds is 3. The molecule has 3 aromatic carbocycles. The second kappa shape index (κ2) is 9.03. The quantitative estimate of drug-likeness (QED) is 0.203. The molecule has 0 saturated heterocycles. The molecule has 1 aromatic heterocycles. The molecule has 10 heteroatoms. The van der Waals surface area contributed by atoms with Gasteiger partial charge in [-0.3, -0.25) is 19.5 Å². The van der Waals surface area contributed by atoms with Crippen LogP contribution in [0.1, 0.15) is 34.7 Å². The first-order valence-corrected chi connectivity index (χ1v) is 13.3. The Morgan fingerprint density at radius 1 is 1.16 bits per heavy atom. The highest BCUT2D eigenvalue weighted by Crippen LogP contribution is 2.41. The van der Waals surface area contributed by atoms with Gasteiger partial charge in [0.2, 0.25) is 5.75 Å². The molecule has 37 heavy (non-hydrogen) atoms. The number of thiazole rings is 1. The SMILES string of the molecule is O=c1/c(=C/c2cc(I)c(O)c([N+](=O)[O-])c2)sc2n1[C@H](c1ccc(F)cc1)C1=C(N=2)c2ccccc2CC1. The van der Waals surface area contributed by atoms with Crippen LogP contribution in [-0.2, 0) is 6.42 Å². The zero-order valence-electron chi connectivity index (χ0n) is 19.0. The highest BCUT2D eigenvalue weighted by molar-refractivity contribution is 14.1. The summed E-state index contributed by atoms with van der Waals surface area (Å²) in [6, 6.07) is 16.6. The highest BCUT2D eigenvalue weighted by atomic mass is 127. The second-order valence-corrected chi connectivity index (χ2v) is 11.0. The van der Waals surface area contributed by atoms with Gasteiger partial charge in [0.15, 0.2) is 4.80 Å². The summed E-state index contributed by atoms with van der Waals surface area (Å²) in [5.74, 6) is -0.769. The van der Waals surface area contributed by atoms with Crippen molar-refractivity contribution in [3.05, 3.63) is 128 Å². The van der Waals surface area contributed by atoms with Crippen molar-refractivity contribution < 1.29 is 14.4 Å². The van der Waals surface area contributed by atoms with Crippen molar-refractivity contribution in [1.82, 2.24) is 4.57 Å². The minimum Gasteiger partial charge on any atom is -0.501 e. The van der Waals surface area contributed by atoms with Gasteiger partial charge in [-0.2, -0.15) is 0 Å². The molecule has 0 amide bonds. The molecule has 0 spiro atoms. The van der Waals surface area contributed by atoms with Crippen molar-refractivity contribution in [2.24, 2.45) is 4.99 Å². The fourth-order valence-corrected chi connectivity index (χ4v) is 6.58. The van der Waals surface area contributed by atoms with E-state index in [1.165, 1.54) is 35.1 Å². The standard InChI is InChI=1S/C27H17FIN3O4S/c28-17-8-5-16(6-9-17)24-19-10-7-15-3-1-2-4-18(15)23(19)30-27-31(24)26(34)22(37-27)13-14-11-20(29)25(33)21(12-14)32(35)36/h1-6,8-9,11-13,24,33H,7,10H2/b22-13-/t24-/m1/s1. The highest BCUT2D eigenvalue weighted by Gasteiger charge is 2.32. The predicted molar refractivity (Wildman–Crippen MR) is 147 cm³/mol. The molecule has 0 bridgehead atoms. The largest absolute Gasteiger partial charge is 0.501 e. The molecule has 4 aromatic rings. The topological polar surface area (TPSA) is 97.7 Å². The molecule has 1 aliphatic heterocycles. The molecule has 0 saturated carbocycles. The molecule has 1 atom stereocenters. The van der Waals surface area contributed by atoms with E-state index in [0.29, 0.717) is 24.9 Å². The van der Waals surface area contributed by atoms with E-state index in [1.54, 1.807) is 28.8 Å². The lowest BCUT2D eigenvalue weighted by Gasteiger charge is -2.30. The number of aromatic hydroxyl groups is 1. The Morgan fingerprint density at radius 3 is 2.68 bits per heavy atom. The van der Waals surface area contributed by atoms with Gasteiger partial charge in [-0.1, -0.05) is 47.7 Å².